The number of ether oxygens (including phenoxy) is 1. The normalized spacial score (nSPS) is 21.0. The predicted molar refractivity (Wildman–Crippen MR) is 53.3 cm³/mol. The highest BCUT2D eigenvalue weighted by Crippen LogP contribution is 2.39. The van der Waals surface area contributed by atoms with Crippen molar-refractivity contribution in [3.8, 4) is 0 Å². The molecular weight excluding hydrogens is 202 g/mol. The van der Waals surface area contributed by atoms with Crippen LogP contribution in [0.2, 0.25) is 5.22 Å². The number of aromatic nitrogens is 1. The fraction of sp³-hybridized carbons (Fsp3) is 0.700. The summed E-state index contributed by atoms with van der Waals surface area (Å²) < 4.78 is 10.5. The highest BCUT2D eigenvalue weighted by atomic mass is 35.5. The molecule has 0 saturated heterocycles. The summed E-state index contributed by atoms with van der Waals surface area (Å²) in [4.78, 5) is 0. The lowest BCUT2D eigenvalue weighted by atomic mass is 9.82. The molecular formula is C10H14ClNO2. The molecule has 78 valence electrons. The molecule has 1 heterocycles. The van der Waals surface area contributed by atoms with E-state index in [0.29, 0.717) is 5.22 Å². The summed E-state index contributed by atoms with van der Waals surface area (Å²) in [5.41, 5.74) is 0.583. The Morgan fingerprint density at radius 1 is 1.43 bits per heavy atom. The van der Waals surface area contributed by atoms with Crippen LogP contribution in [0.4, 0.5) is 0 Å². The Bertz CT molecular complexity index is 305. The van der Waals surface area contributed by atoms with E-state index in [1.165, 1.54) is 19.3 Å². The first kappa shape index (κ1) is 9.99. The zero-order valence-electron chi connectivity index (χ0n) is 8.25. The molecule has 0 unspecified atom stereocenters. The molecule has 3 nitrogen and oxygen atoms in total. The molecule has 0 radical (unpaired) electrons. The number of rotatable bonds is 2. The summed E-state index contributed by atoms with van der Waals surface area (Å²) in [5.74, 6) is 0. The molecule has 2 rings (SSSR count). The summed E-state index contributed by atoms with van der Waals surface area (Å²) >= 11 is 5.71. The number of nitrogens with zero attached hydrogens (tertiary/aromatic N) is 1. The Morgan fingerprint density at radius 2 is 2.14 bits per heavy atom. The van der Waals surface area contributed by atoms with Gasteiger partial charge in [-0.05, 0) is 24.4 Å². The van der Waals surface area contributed by atoms with Gasteiger partial charge in [-0.2, -0.15) is 0 Å². The Hall–Kier alpha value is -0.540. The van der Waals surface area contributed by atoms with E-state index in [0.717, 1.165) is 18.5 Å². The van der Waals surface area contributed by atoms with E-state index in [-0.39, 0.29) is 5.60 Å². The molecule has 1 aromatic heterocycles. The van der Waals surface area contributed by atoms with Gasteiger partial charge in [0.2, 0.25) is 5.22 Å². The maximum atomic E-state index is 5.71. The van der Waals surface area contributed by atoms with E-state index in [9.17, 15) is 0 Å². The first-order valence-corrected chi connectivity index (χ1v) is 5.32. The maximum absolute atomic E-state index is 5.71. The summed E-state index contributed by atoms with van der Waals surface area (Å²) in [7, 11) is 1.73. The van der Waals surface area contributed by atoms with Crippen molar-refractivity contribution in [2.45, 2.75) is 37.7 Å². The number of hydrogen-bond acceptors (Lipinski definition) is 3. The van der Waals surface area contributed by atoms with Crippen LogP contribution in [0.5, 0.6) is 0 Å². The van der Waals surface area contributed by atoms with Gasteiger partial charge >= 0.3 is 0 Å². The second-order valence-electron chi connectivity index (χ2n) is 3.78. The molecule has 4 heteroatoms. The van der Waals surface area contributed by atoms with Crippen molar-refractivity contribution >= 4 is 11.6 Å². The number of hydrogen-bond donors (Lipinski definition) is 0. The van der Waals surface area contributed by atoms with Crippen LogP contribution in [0.3, 0.4) is 0 Å². The summed E-state index contributed by atoms with van der Waals surface area (Å²) in [6.07, 6.45) is 5.64. The van der Waals surface area contributed by atoms with Crippen molar-refractivity contribution in [1.82, 2.24) is 5.16 Å². The van der Waals surface area contributed by atoms with Gasteiger partial charge in [-0.25, -0.2) is 0 Å². The lowest BCUT2D eigenvalue weighted by Crippen LogP contribution is -2.31. The second-order valence-corrected chi connectivity index (χ2v) is 4.15. The van der Waals surface area contributed by atoms with E-state index in [1.54, 1.807) is 13.2 Å². The van der Waals surface area contributed by atoms with Gasteiger partial charge in [-0.1, -0.05) is 24.4 Å². The van der Waals surface area contributed by atoms with Gasteiger partial charge in [0.05, 0.1) is 0 Å². The quantitative estimate of drug-likeness (QED) is 0.760. The average Bonchev–Trinajstić information content (AvgIpc) is 2.66. The van der Waals surface area contributed by atoms with Crippen LogP contribution in [0.1, 0.15) is 37.8 Å². The van der Waals surface area contributed by atoms with Crippen molar-refractivity contribution in [3.63, 3.8) is 0 Å². The fourth-order valence-corrected chi connectivity index (χ4v) is 2.29. The van der Waals surface area contributed by atoms with Gasteiger partial charge in [-0.3, -0.25) is 0 Å². The topological polar surface area (TPSA) is 35.3 Å². The van der Waals surface area contributed by atoms with Crippen molar-refractivity contribution in [3.05, 3.63) is 17.0 Å². The molecule has 1 fully saturated rings. The predicted octanol–water partition coefficient (Wildman–Crippen LogP) is 3.13. The van der Waals surface area contributed by atoms with Crippen LogP contribution in [0, 0.1) is 0 Å². The fourth-order valence-electron chi connectivity index (χ4n) is 2.16. The smallest absolute Gasteiger partial charge is 0.226 e. The van der Waals surface area contributed by atoms with Crippen LogP contribution < -0.4 is 0 Å². The molecule has 1 aromatic rings. The summed E-state index contributed by atoms with van der Waals surface area (Å²) in [6, 6.07) is 1.76. The Morgan fingerprint density at radius 3 is 2.64 bits per heavy atom. The second kappa shape index (κ2) is 3.91. The van der Waals surface area contributed by atoms with Gasteiger partial charge in [0.1, 0.15) is 11.3 Å². The average molecular weight is 216 g/mol. The van der Waals surface area contributed by atoms with Gasteiger partial charge in [0, 0.05) is 13.2 Å². The lowest BCUT2D eigenvalue weighted by molar-refractivity contribution is -0.0497. The molecule has 0 aromatic carbocycles. The van der Waals surface area contributed by atoms with Crippen molar-refractivity contribution in [2.75, 3.05) is 7.11 Å². The molecule has 0 atom stereocenters. The van der Waals surface area contributed by atoms with Crippen molar-refractivity contribution < 1.29 is 9.26 Å². The Balaban J connectivity index is 2.26. The van der Waals surface area contributed by atoms with Gasteiger partial charge in [0.15, 0.2) is 0 Å². The van der Waals surface area contributed by atoms with Gasteiger partial charge in [-0.15, -0.1) is 0 Å². The Kier molecular flexibility index (Phi) is 2.79. The molecule has 0 N–H and O–H groups in total. The maximum Gasteiger partial charge on any atom is 0.226 e. The monoisotopic (exact) mass is 215 g/mol. The van der Waals surface area contributed by atoms with E-state index in [4.69, 9.17) is 20.9 Å². The first-order chi connectivity index (χ1) is 6.77. The minimum Gasteiger partial charge on any atom is -0.372 e. The molecule has 1 aliphatic rings. The molecule has 0 bridgehead atoms. The van der Waals surface area contributed by atoms with Crippen LogP contribution in [-0.4, -0.2) is 12.3 Å². The minimum atomic E-state index is -0.255. The van der Waals surface area contributed by atoms with E-state index >= 15 is 0 Å². The molecule has 0 spiro atoms. The zero-order valence-corrected chi connectivity index (χ0v) is 9.01. The first-order valence-electron chi connectivity index (χ1n) is 4.95. The Labute approximate surface area is 88.4 Å². The third-order valence-electron chi connectivity index (χ3n) is 3.00. The zero-order chi connectivity index (χ0) is 10.0. The van der Waals surface area contributed by atoms with Crippen LogP contribution in [0.15, 0.2) is 10.6 Å². The highest BCUT2D eigenvalue weighted by Gasteiger charge is 2.36. The molecule has 0 aliphatic heterocycles. The lowest BCUT2D eigenvalue weighted by Gasteiger charge is -2.33. The standard InChI is InChI=1S/C10H14ClNO2/c1-13-10(5-3-2-4-6-10)8-7-9(11)14-12-8/h7H,2-6H2,1H3. The third kappa shape index (κ3) is 1.66. The summed E-state index contributed by atoms with van der Waals surface area (Å²) in [6.45, 7) is 0. The van der Waals surface area contributed by atoms with Crippen molar-refractivity contribution in [2.24, 2.45) is 0 Å². The molecule has 14 heavy (non-hydrogen) atoms. The van der Waals surface area contributed by atoms with Gasteiger partial charge < -0.3 is 9.26 Å². The van der Waals surface area contributed by atoms with Crippen LogP contribution in [0.25, 0.3) is 0 Å². The number of methoxy groups -OCH3 is 1. The van der Waals surface area contributed by atoms with E-state index in [2.05, 4.69) is 5.16 Å². The highest BCUT2D eigenvalue weighted by molar-refractivity contribution is 6.28. The molecule has 1 aliphatic carbocycles. The molecule has 1 saturated carbocycles. The largest absolute Gasteiger partial charge is 0.372 e. The van der Waals surface area contributed by atoms with Crippen molar-refractivity contribution in [1.29, 1.82) is 0 Å². The van der Waals surface area contributed by atoms with Crippen LogP contribution in [-0.2, 0) is 10.3 Å². The third-order valence-corrected chi connectivity index (χ3v) is 3.18. The van der Waals surface area contributed by atoms with E-state index < -0.39 is 0 Å². The molecule has 0 amide bonds. The SMILES string of the molecule is COC1(c2cc(Cl)on2)CCCCC1. The van der Waals surface area contributed by atoms with E-state index in [1.807, 2.05) is 0 Å². The van der Waals surface area contributed by atoms with Gasteiger partial charge in [0.25, 0.3) is 0 Å². The minimum absolute atomic E-state index is 0.255. The number of halogens is 1. The van der Waals surface area contributed by atoms with Crippen LogP contribution >= 0.6 is 11.6 Å². The summed E-state index contributed by atoms with van der Waals surface area (Å²) in [5, 5.41) is 4.29.